The van der Waals surface area contributed by atoms with Gasteiger partial charge in [-0.2, -0.15) is 0 Å². The molecule has 7 heteroatoms. The highest BCUT2D eigenvalue weighted by atomic mass is 19.1. The zero-order chi connectivity index (χ0) is 15.7. The van der Waals surface area contributed by atoms with Gasteiger partial charge < -0.3 is 11.1 Å². The Bertz CT molecular complexity index is 550. The molecular weight excluding hydrogens is 265 g/mol. The fourth-order valence-electron chi connectivity index (χ4n) is 1.33. The van der Waals surface area contributed by atoms with Gasteiger partial charge in [0.1, 0.15) is 11.5 Å². The van der Waals surface area contributed by atoms with E-state index in [4.69, 9.17) is 5.73 Å². The molecule has 0 aromatic heterocycles. The molecule has 110 valence electrons. The molecule has 1 amide bonds. The van der Waals surface area contributed by atoms with E-state index in [1.54, 1.807) is 27.7 Å². The number of nitrogens with two attached hydrogens (primary N) is 1. The number of nitrogens with one attached hydrogen (secondary N) is 1. The monoisotopic (exact) mass is 283 g/mol. The van der Waals surface area contributed by atoms with Crippen LogP contribution in [0.2, 0.25) is 0 Å². The van der Waals surface area contributed by atoms with Crippen LogP contribution in [0.5, 0.6) is 0 Å². The predicted octanol–water partition coefficient (Wildman–Crippen LogP) is 2.44. The molecule has 0 atom stereocenters. The molecule has 1 aromatic rings. The molecule has 0 aliphatic heterocycles. The van der Waals surface area contributed by atoms with Crippen LogP contribution in [0.4, 0.5) is 15.8 Å². The summed E-state index contributed by atoms with van der Waals surface area (Å²) in [5.74, 6) is -1.21. The Morgan fingerprint density at radius 1 is 1.35 bits per heavy atom. The number of nitro benzene ring substituents is 1. The second kappa shape index (κ2) is 5.16. The summed E-state index contributed by atoms with van der Waals surface area (Å²) >= 11 is 0. The lowest BCUT2D eigenvalue weighted by Crippen LogP contribution is -2.53. The highest BCUT2D eigenvalue weighted by molar-refractivity contribution is 5.97. The van der Waals surface area contributed by atoms with Crippen LogP contribution in [0.1, 0.15) is 27.7 Å². The molecule has 20 heavy (non-hydrogen) atoms. The molecule has 1 rings (SSSR count). The van der Waals surface area contributed by atoms with Gasteiger partial charge in [-0.15, -0.1) is 0 Å². The largest absolute Gasteiger partial charge is 0.325 e. The van der Waals surface area contributed by atoms with Gasteiger partial charge in [0.2, 0.25) is 5.91 Å². The molecule has 0 aliphatic carbocycles. The molecule has 0 unspecified atom stereocenters. The molecule has 0 bridgehead atoms. The molecule has 0 aliphatic rings. The van der Waals surface area contributed by atoms with Crippen molar-refractivity contribution in [3.05, 3.63) is 34.1 Å². The van der Waals surface area contributed by atoms with Gasteiger partial charge in [-0.3, -0.25) is 14.9 Å². The first-order valence-electron chi connectivity index (χ1n) is 6.01. The van der Waals surface area contributed by atoms with Gasteiger partial charge in [0.15, 0.2) is 0 Å². The Balaban J connectivity index is 3.12. The van der Waals surface area contributed by atoms with Gasteiger partial charge in [0.25, 0.3) is 5.69 Å². The van der Waals surface area contributed by atoms with E-state index in [2.05, 4.69) is 5.32 Å². The van der Waals surface area contributed by atoms with Crippen molar-refractivity contribution >= 4 is 17.3 Å². The summed E-state index contributed by atoms with van der Waals surface area (Å²) in [6.07, 6.45) is 0. The van der Waals surface area contributed by atoms with Crippen molar-refractivity contribution < 1.29 is 14.1 Å². The summed E-state index contributed by atoms with van der Waals surface area (Å²) in [5.41, 5.74) is 3.59. The molecule has 0 radical (unpaired) electrons. The Labute approximate surface area is 116 Å². The first-order valence-corrected chi connectivity index (χ1v) is 6.01. The standard InChI is InChI=1S/C13H18FN3O3/c1-12(2,13(3,4)15)11(18)16-9-6-5-8(14)7-10(9)17(19)20/h5-7H,15H2,1-4H3,(H,16,18). The number of nitro groups is 1. The smallest absolute Gasteiger partial charge is 0.295 e. The highest BCUT2D eigenvalue weighted by Crippen LogP contribution is 2.32. The highest BCUT2D eigenvalue weighted by Gasteiger charge is 2.41. The Morgan fingerprint density at radius 2 is 1.90 bits per heavy atom. The summed E-state index contributed by atoms with van der Waals surface area (Å²) in [7, 11) is 0. The van der Waals surface area contributed by atoms with Crippen LogP contribution >= 0.6 is 0 Å². The molecule has 0 saturated carbocycles. The lowest BCUT2D eigenvalue weighted by molar-refractivity contribution is -0.384. The number of hydrogen-bond donors (Lipinski definition) is 2. The summed E-state index contributed by atoms with van der Waals surface area (Å²) in [5, 5.41) is 13.3. The van der Waals surface area contributed by atoms with Crippen LogP contribution < -0.4 is 11.1 Å². The minimum Gasteiger partial charge on any atom is -0.325 e. The quantitative estimate of drug-likeness (QED) is 0.655. The lowest BCUT2D eigenvalue weighted by Gasteiger charge is -2.36. The summed E-state index contributed by atoms with van der Waals surface area (Å²) < 4.78 is 13.0. The average molecular weight is 283 g/mol. The first kappa shape index (κ1) is 16.0. The third kappa shape index (κ3) is 3.11. The van der Waals surface area contributed by atoms with Gasteiger partial charge in [0, 0.05) is 5.54 Å². The van der Waals surface area contributed by atoms with E-state index in [-0.39, 0.29) is 5.69 Å². The molecule has 1 aromatic carbocycles. The number of halogens is 1. The van der Waals surface area contributed by atoms with Crippen molar-refractivity contribution in [3.8, 4) is 0 Å². The van der Waals surface area contributed by atoms with Crippen molar-refractivity contribution in [2.75, 3.05) is 5.32 Å². The SMILES string of the molecule is CC(C)(N)C(C)(C)C(=O)Nc1ccc(F)cc1[N+](=O)[O-]. The van der Waals surface area contributed by atoms with Crippen molar-refractivity contribution in [2.45, 2.75) is 33.2 Å². The topological polar surface area (TPSA) is 98.3 Å². The number of benzene rings is 1. The van der Waals surface area contributed by atoms with Gasteiger partial charge in [-0.1, -0.05) is 0 Å². The summed E-state index contributed by atoms with van der Waals surface area (Å²) in [6.45, 7) is 6.65. The van der Waals surface area contributed by atoms with E-state index in [0.717, 1.165) is 18.2 Å². The molecule has 6 nitrogen and oxygen atoms in total. The van der Waals surface area contributed by atoms with Gasteiger partial charge >= 0.3 is 0 Å². The van der Waals surface area contributed by atoms with E-state index in [1.807, 2.05) is 0 Å². The molecule has 3 N–H and O–H groups in total. The fraction of sp³-hybridized carbons (Fsp3) is 0.462. The first-order chi connectivity index (χ1) is 8.96. The van der Waals surface area contributed by atoms with Crippen molar-refractivity contribution in [3.63, 3.8) is 0 Å². The number of nitrogens with zero attached hydrogens (tertiary/aromatic N) is 1. The van der Waals surface area contributed by atoms with Crippen LogP contribution in [0.15, 0.2) is 18.2 Å². The third-order valence-corrected chi connectivity index (χ3v) is 3.58. The minimum absolute atomic E-state index is 0.0567. The molecule has 0 fully saturated rings. The average Bonchev–Trinajstić information content (AvgIpc) is 2.29. The maximum Gasteiger partial charge on any atom is 0.295 e. The number of rotatable bonds is 4. The van der Waals surface area contributed by atoms with Crippen LogP contribution in [-0.2, 0) is 4.79 Å². The van der Waals surface area contributed by atoms with Crippen LogP contribution in [-0.4, -0.2) is 16.4 Å². The lowest BCUT2D eigenvalue weighted by atomic mass is 9.74. The second-order valence-corrected chi connectivity index (χ2v) is 5.72. The van der Waals surface area contributed by atoms with Gasteiger partial charge in [-0.25, -0.2) is 4.39 Å². The van der Waals surface area contributed by atoms with E-state index < -0.39 is 33.3 Å². The Morgan fingerprint density at radius 3 is 2.35 bits per heavy atom. The molecule has 0 saturated heterocycles. The summed E-state index contributed by atoms with van der Waals surface area (Å²) in [6, 6.07) is 2.96. The maximum absolute atomic E-state index is 13.0. The minimum atomic E-state index is -0.963. The zero-order valence-corrected chi connectivity index (χ0v) is 11.9. The zero-order valence-electron chi connectivity index (χ0n) is 11.9. The summed E-state index contributed by atoms with van der Waals surface area (Å²) in [4.78, 5) is 22.3. The van der Waals surface area contributed by atoms with E-state index in [9.17, 15) is 19.3 Å². The van der Waals surface area contributed by atoms with Crippen molar-refractivity contribution in [1.29, 1.82) is 0 Å². The van der Waals surface area contributed by atoms with Crippen LogP contribution in [0.25, 0.3) is 0 Å². The fourth-order valence-corrected chi connectivity index (χ4v) is 1.33. The number of amides is 1. The number of anilines is 1. The van der Waals surface area contributed by atoms with E-state index in [1.165, 1.54) is 0 Å². The Hall–Kier alpha value is -2.02. The number of carbonyl (C=O) groups excluding carboxylic acids is 1. The second-order valence-electron chi connectivity index (χ2n) is 5.72. The Kier molecular flexibility index (Phi) is 4.14. The predicted molar refractivity (Wildman–Crippen MR) is 73.7 cm³/mol. The number of carbonyl (C=O) groups is 1. The van der Waals surface area contributed by atoms with Gasteiger partial charge in [-0.05, 0) is 39.8 Å². The van der Waals surface area contributed by atoms with Crippen LogP contribution in [0.3, 0.4) is 0 Å². The third-order valence-electron chi connectivity index (χ3n) is 3.58. The number of hydrogen-bond acceptors (Lipinski definition) is 4. The van der Waals surface area contributed by atoms with E-state index >= 15 is 0 Å². The maximum atomic E-state index is 13.0. The molecule has 0 heterocycles. The molecular formula is C13H18FN3O3. The van der Waals surface area contributed by atoms with Gasteiger partial charge in [0.05, 0.1) is 16.4 Å². The van der Waals surface area contributed by atoms with Crippen molar-refractivity contribution in [2.24, 2.45) is 11.1 Å². The molecule has 0 spiro atoms. The normalized spacial score (nSPS) is 12.1. The van der Waals surface area contributed by atoms with Crippen molar-refractivity contribution in [1.82, 2.24) is 0 Å². The van der Waals surface area contributed by atoms with Crippen LogP contribution in [0, 0.1) is 21.3 Å². The van der Waals surface area contributed by atoms with E-state index in [0.29, 0.717) is 0 Å².